The molecular weight excluding hydrogens is 310 g/mol. The Hall–Kier alpha value is -1.51. The highest BCUT2D eigenvalue weighted by Gasteiger charge is 2.51. The van der Waals surface area contributed by atoms with Crippen molar-refractivity contribution < 1.29 is 9.53 Å². The van der Waals surface area contributed by atoms with E-state index in [-0.39, 0.29) is 5.91 Å². The fourth-order valence-corrected chi connectivity index (χ4v) is 6.16. The minimum atomic E-state index is -0.425. The Morgan fingerprint density at radius 2 is 1.60 bits per heavy atom. The van der Waals surface area contributed by atoms with Crippen LogP contribution in [0.15, 0.2) is 24.3 Å². The Morgan fingerprint density at radius 3 is 2.12 bits per heavy atom. The highest BCUT2D eigenvalue weighted by atomic mass is 16.5. The molecule has 3 heteroatoms. The Morgan fingerprint density at radius 1 is 1.04 bits per heavy atom. The summed E-state index contributed by atoms with van der Waals surface area (Å²) in [6.07, 6.45) is 10.4. The highest BCUT2D eigenvalue weighted by Crippen LogP contribution is 2.60. The molecule has 0 radical (unpaired) electrons. The smallest absolute Gasteiger partial charge is 0.260 e. The maximum absolute atomic E-state index is 12.1. The van der Waals surface area contributed by atoms with Crippen LogP contribution >= 0.6 is 0 Å². The lowest BCUT2D eigenvalue weighted by atomic mass is 9.48. The molecule has 134 valence electrons. The zero-order valence-corrected chi connectivity index (χ0v) is 15.2. The average Bonchev–Trinajstić information content (AvgIpc) is 3.38. The topological polar surface area (TPSA) is 38.3 Å². The second-order valence-corrected chi connectivity index (χ2v) is 9.27. The van der Waals surface area contributed by atoms with Gasteiger partial charge in [-0.15, -0.1) is 0 Å². The van der Waals surface area contributed by atoms with E-state index in [1.54, 1.807) is 0 Å². The van der Waals surface area contributed by atoms with E-state index in [0.29, 0.717) is 11.5 Å². The highest BCUT2D eigenvalue weighted by molar-refractivity contribution is 5.81. The number of benzene rings is 1. The molecule has 6 rings (SSSR count). The van der Waals surface area contributed by atoms with Crippen molar-refractivity contribution in [2.75, 3.05) is 0 Å². The van der Waals surface area contributed by atoms with Crippen molar-refractivity contribution in [1.29, 1.82) is 0 Å². The number of rotatable bonds is 5. The van der Waals surface area contributed by atoms with Crippen molar-refractivity contribution in [3.8, 4) is 5.75 Å². The summed E-state index contributed by atoms with van der Waals surface area (Å²) in [5.74, 6) is 3.72. The summed E-state index contributed by atoms with van der Waals surface area (Å²) in [4.78, 5) is 12.1. The van der Waals surface area contributed by atoms with Crippen molar-refractivity contribution >= 4 is 5.91 Å². The Balaban J connectivity index is 1.28. The van der Waals surface area contributed by atoms with Gasteiger partial charge in [-0.25, -0.2) is 0 Å². The van der Waals surface area contributed by atoms with Gasteiger partial charge < -0.3 is 10.1 Å². The molecule has 0 saturated heterocycles. The maximum atomic E-state index is 12.1. The molecule has 0 heterocycles. The summed E-state index contributed by atoms with van der Waals surface area (Å²) in [6, 6.07) is 9.09. The van der Waals surface area contributed by atoms with Crippen LogP contribution in [0.5, 0.6) is 5.75 Å². The van der Waals surface area contributed by atoms with Gasteiger partial charge in [0.2, 0.25) is 0 Å². The number of carbonyl (C=O) groups excluding carboxylic acids is 1. The lowest BCUT2D eigenvalue weighted by Crippen LogP contribution is -2.48. The van der Waals surface area contributed by atoms with E-state index >= 15 is 0 Å². The molecule has 5 aliphatic carbocycles. The third-order valence-corrected chi connectivity index (χ3v) is 7.11. The molecule has 1 atom stereocenters. The lowest BCUT2D eigenvalue weighted by Gasteiger charge is -2.57. The van der Waals surface area contributed by atoms with Gasteiger partial charge >= 0.3 is 0 Å². The monoisotopic (exact) mass is 339 g/mol. The van der Waals surface area contributed by atoms with Gasteiger partial charge in [-0.3, -0.25) is 4.79 Å². The second kappa shape index (κ2) is 5.75. The molecule has 0 aliphatic heterocycles. The van der Waals surface area contributed by atoms with Gasteiger partial charge in [0.25, 0.3) is 5.91 Å². The van der Waals surface area contributed by atoms with E-state index in [9.17, 15) is 4.79 Å². The molecule has 0 spiro atoms. The Labute approximate surface area is 150 Å². The molecule has 1 unspecified atom stereocenters. The van der Waals surface area contributed by atoms with Crippen LogP contribution in [0, 0.1) is 17.8 Å². The van der Waals surface area contributed by atoms with Gasteiger partial charge in [0, 0.05) is 6.04 Å². The quantitative estimate of drug-likeness (QED) is 0.873. The van der Waals surface area contributed by atoms with E-state index in [1.165, 1.54) is 44.1 Å². The number of amides is 1. The van der Waals surface area contributed by atoms with Crippen LogP contribution in [-0.4, -0.2) is 18.1 Å². The standard InChI is InChI=1S/C22H29NO2/c1-14(21(24)23-19-4-5-19)25-20-6-2-18(3-7-20)22-11-15-8-16(12-22)10-17(9-15)13-22/h2-3,6-7,14-17,19H,4-5,8-13H2,1H3,(H,23,24). The first-order valence-electron chi connectivity index (χ1n) is 10.2. The van der Waals surface area contributed by atoms with Crippen molar-refractivity contribution in [1.82, 2.24) is 5.32 Å². The first kappa shape index (κ1) is 15.7. The van der Waals surface area contributed by atoms with Gasteiger partial charge in [-0.05, 0) is 99.2 Å². The first-order valence-corrected chi connectivity index (χ1v) is 10.2. The zero-order valence-electron chi connectivity index (χ0n) is 15.2. The summed E-state index contributed by atoms with van der Waals surface area (Å²) in [7, 11) is 0. The van der Waals surface area contributed by atoms with Gasteiger partial charge in [0.05, 0.1) is 0 Å². The molecular formula is C22H29NO2. The predicted octanol–water partition coefficient (Wildman–Crippen LogP) is 4.20. The van der Waals surface area contributed by atoms with E-state index in [2.05, 4.69) is 29.6 Å². The van der Waals surface area contributed by atoms with Gasteiger partial charge in [-0.2, -0.15) is 0 Å². The third kappa shape index (κ3) is 2.96. The summed E-state index contributed by atoms with van der Waals surface area (Å²) in [5, 5.41) is 3.01. The minimum Gasteiger partial charge on any atom is -0.481 e. The SMILES string of the molecule is CC(Oc1ccc(C23CC4CC(CC(C4)C2)C3)cc1)C(=O)NC1CC1. The van der Waals surface area contributed by atoms with Gasteiger partial charge in [-0.1, -0.05) is 12.1 Å². The maximum Gasteiger partial charge on any atom is 0.260 e. The van der Waals surface area contributed by atoms with Crippen LogP contribution in [0.3, 0.4) is 0 Å². The van der Waals surface area contributed by atoms with E-state index in [0.717, 1.165) is 36.3 Å². The zero-order chi connectivity index (χ0) is 17.0. The largest absolute Gasteiger partial charge is 0.481 e. The minimum absolute atomic E-state index is 0.00709. The average molecular weight is 339 g/mol. The molecule has 5 saturated carbocycles. The molecule has 1 aromatic rings. The van der Waals surface area contributed by atoms with Crippen LogP contribution < -0.4 is 10.1 Å². The van der Waals surface area contributed by atoms with Gasteiger partial charge in [0.1, 0.15) is 5.75 Å². The normalized spacial score (nSPS) is 36.9. The third-order valence-electron chi connectivity index (χ3n) is 7.11. The fraction of sp³-hybridized carbons (Fsp3) is 0.682. The Bertz CT molecular complexity index is 626. The molecule has 5 fully saturated rings. The molecule has 5 aliphatic rings. The van der Waals surface area contributed by atoms with Crippen LogP contribution in [0.4, 0.5) is 0 Å². The van der Waals surface area contributed by atoms with E-state index in [4.69, 9.17) is 4.74 Å². The van der Waals surface area contributed by atoms with Crippen LogP contribution in [-0.2, 0) is 10.2 Å². The second-order valence-electron chi connectivity index (χ2n) is 9.27. The molecule has 25 heavy (non-hydrogen) atoms. The fourth-order valence-electron chi connectivity index (χ4n) is 6.16. The van der Waals surface area contributed by atoms with Crippen molar-refractivity contribution in [2.45, 2.75) is 75.9 Å². The van der Waals surface area contributed by atoms with Gasteiger partial charge in [0.15, 0.2) is 6.10 Å². The van der Waals surface area contributed by atoms with Crippen molar-refractivity contribution in [3.63, 3.8) is 0 Å². The summed E-state index contributed by atoms with van der Waals surface area (Å²) in [5.41, 5.74) is 1.94. The van der Waals surface area contributed by atoms with E-state index in [1.807, 2.05) is 6.92 Å². The molecule has 1 N–H and O–H groups in total. The summed E-state index contributed by atoms with van der Waals surface area (Å²) in [6.45, 7) is 1.84. The summed E-state index contributed by atoms with van der Waals surface area (Å²) < 4.78 is 5.87. The number of hydrogen-bond acceptors (Lipinski definition) is 2. The number of carbonyl (C=O) groups is 1. The molecule has 0 aromatic heterocycles. The predicted molar refractivity (Wildman–Crippen MR) is 97.5 cm³/mol. The van der Waals surface area contributed by atoms with E-state index < -0.39 is 6.10 Å². The number of hydrogen-bond donors (Lipinski definition) is 1. The van der Waals surface area contributed by atoms with Crippen molar-refractivity contribution in [2.24, 2.45) is 17.8 Å². The molecule has 4 bridgehead atoms. The van der Waals surface area contributed by atoms with Crippen LogP contribution in [0.2, 0.25) is 0 Å². The Kier molecular flexibility index (Phi) is 3.62. The number of nitrogens with one attached hydrogen (secondary N) is 1. The van der Waals surface area contributed by atoms with Crippen molar-refractivity contribution in [3.05, 3.63) is 29.8 Å². The number of ether oxygens (including phenoxy) is 1. The molecule has 1 aromatic carbocycles. The molecule has 1 amide bonds. The van der Waals surface area contributed by atoms with Crippen LogP contribution in [0.1, 0.15) is 63.9 Å². The summed E-state index contributed by atoms with van der Waals surface area (Å²) >= 11 is 0. The molecule has 3 nitrogen and oxygen atoms in total. The first-order chi connectivity index (χ1) is 12.1. The lowest BCUT2D eigenvalue weighted by molar-refractivity contribution is -0.127. The van der Waals surface area contributed by atoms with Crippen LogP contribution in [0.25, 0.3) is 0 Å².